The van der Waals surface area contributed by atoms with E-state index in [1.165, 1.54) is 56.2 Å². The number of fused-ring (bicyclic) bond motifs is 6. The van der Waals surface area contributed by atoms with Crippen molar-refractivity contribution in [3.8, 4) is 16.8 Å². The van der Waals surface area contributed by atoms with Crippen molar-refractivity contribution in [2.24, 2.45) is 5.92 Å². The van der Waals surface area contributed by atoms with Crippen LogP contribution in [0.25, 0.3) is 50.9 Å². The Hall–Kier alpha value is -6.32. The van der Waals surface area contributed by atoms with E-state index in [-0.39, 0.29) is 6.04 Å². The second-order valence-electron chi connectivity index (χ2n) is 15.9. The van der Waals surface area contributed by atoms with Crippen LogP contribution in [0.5, 0.6) is 0 Å². The Balaban J connectivity index is 0.964. The zero-order chi connectivity index (χ0) is 37.0. The summed E-state index contributed by atoms with van der Waals surface area (Å²) in [7, 11) is 0. The van der Waals surface area contributed by atoms with E-state index >= 15 is 0 Å². The molecular weight excluding hydrogens is 681 g/mol. The maximum atomic E-state index is 6.57. The minimum absolute atomic E-state index is 0.280. The normalized spacial score (nSPS) is 21.2. The van der Waals surface area contributed by atoms with Crippen LogP contribution in [-0.4, -0.2) is 4.57 Å². The van der Waals surface area contributed by atoms with E-state index in [4.69, 9.17) is 4.42 Å². The molecule has 0 saturated heterocycles. The van der Waals surface area contributed by atoms with Gasteiger partial charge in [-0.3, -0.25) is 0 Å². The number of hydrogen-bond acceptors (Lipinski definition) is 2. The van der Waals surface area contributed by atoms with Gasteiger partial charge < -0.3 is 14.3 Å². The Kier molecular flexibility index (Phi) is 8.12. The lowest BCUT2D eigenvalue weighted by Crippen LogP contribution is -2.30. The summed E-state index contributed by atoms with van der Waals surface area (Å²) in [5.74, 6) is 1.04. The Morgan fingerprint density at radius 1 is 0.607 bits per heavy atom. The maximum absolute atomic E-state index is 6.57. The third-order valence-electron chi connectivity index (χ3n) is 12.6. The Labute approximate surface area is 328 Å². The van der Waals surface area contributed by atoms with Crippen LogP contribution in [0.3, 0.4) is 0 Å². The van der Waals surface area contributed by atoms with E-state index in [0.717, 1.165) is 59.6 Å². The van der Waals surface area contributed by atoms with E-state index in [0.29, 0.717) is 17.8 Å². The van der Waals surface area contributed by atoms with E-state index in [1.807, 2.05) is 0 Å². The number of rotatable bonds is 6. The molecule has 272 valence electrons. The van der Waals surface area contributed by atoms with Crippen LogP contribution in [0.2, 0.25) is 0 Å². The lowest BCUT2D eigenvalue weighted by Gasteiger charge is -2.34. The third-order valence-corrected chi connectivity index (χ3v) is 12.6. The molecule has 3 heteroatoms. The molecule has 7 aromatic rings. The summed E-state index contributed by atoms with van der Waals surface area (Å²) >= 11 is 0. The van der Waals surface area contributed by atoms with Crippen LogP contribution in [-0.2, 0) is 12.8 Å². The van der Waals surface area contributed by atoms with Gasteiger partial charge in [-0.15, -0.1) is 0 Å². The van der Waals surface area contributed by atoms with Gasteiger partial charge in [0, 0.05) is 56.7 Å². The molecule has 3 heterocycles. The molecular formula is C53H44N2O. The fourth-order valence-electron chi connectivity index (χ4n) is 9.87. The predicted octanol–water partition coefficient (Wildman–Crippen LogP) is 13.2. The molecule has 0 saturated carbocycles. The van der Waals surface area contributed by atoms with Crippen molar-refractivity contribution in [3.63, 3.8) is 0 Å². The minimum Gasteiger partial charge on any atom is -0.455 e. The number of aromatic nitrogens is 1. The molecule has 5 aromatic carbocycles. The van der Waals surface area contributed by atoms with Gasteiger partial charge in [0.05, 0.1) is 11.7 Å². The van der Waals surface area contributed by atoms with Gasteiger partial charge in [0.2, 0.25) is 0 Å². The fraction of sp³-hybridized carbons (Fsp3) is 0.170. The van der Waals surface area contributed by atoms with Crippen molar-refractivity contribution < 1.29 is 4.42 Å². The predicted molar refractivity (Wildman–Crippen MR) is 232 cm³/mol. The molecule has 3 nitrogen and oxygen atoms in total. The van der Waals surface area contributed by atoms with Crippen molar-refractivity contribution in [1.82, 2.24) is 9.88 Å². The first kappa shape index (κ1) is 33.1. The van der Waals surface area contributed by atoms with Crippen LogP contribution in [0.4, 0.5) is 0 Å². The van der Waals surface area contributed by atoms with E-state index in [9.17, 15) is 0 Å². The number of para-hydroxylation sites is 3. The average molecular weight is 725 g/mol. The zero-order valence-corrected chi connectivity index (χ0v) is 31.4. The van der Waals surface area contributed by atoms with Crippen molar-refractivity contribution in [3.05, 3.63) is 209 Å². The van der Waals surface area contributed by atoms with E-state index in [2.05, 4.69) is 186 Å². The van der Waals surface area contributed by atoms with Crippen LogP contribution in [0.1, 0.15) is 76.3 Å². The minimum atomic E-state index is 0.280. The van der Waals surface area contributed by atoms with Gasteiger partial charge in [-0.2, -0.15) is 0 Å². The Morgan fingerprint density at radius 2 is 1.38 bits per heavy atom. The summed E-state index contributed by atoms with van der Waals surface area (Å²) in [6.45, 7) is 0. The van der Waals surface area contributed by atoms with E-state index < -0.39 is 0 Å². The molecule has 0 amide bonds. The smallest absolute Gasteiger partial charge is 0.143 e. The van der Waals surface area contributed by atoms with Crippen LogP contribution < -0.4 is 5.32 Å². The second-order valence-corrected chi connectivity index (χ2v) is 15.9. The number of hydrogen-bond donors (Lipinski definition) is 1. The number of allylic oxidation sites excluding steroid dienone is 7. The lowest BCUT2D eigenvalue weighted by molar-refractivity contribution is 0.460. The van der Waals surface area contributed by atoms with Crippen molar-refractivity contribution >= 4 is 34.1 Å². The van der Waals surface area contributed by atoms with Gasteiger partial charge in [0.25, 0.3) is 0 Å². The molecule has 4 aliphatic rings. The summed E-state index contributed by atoms with van der Waals surface area (Å²) < 4.78 is 9.10. The molecule has 0 radical (unpaired) electrons. The highest BCUT2D eigenvalue weighted by Gasteiger charge is 2.30. The number of benzene rings is 5. The first-order valence-electron chi connectivity index (χ1n) is 20.3. The highest BCUT2D eigenvalue weighted by molar-refractivity contribution is 6.10. The van der Waals surface area contributed by atoms with Crippen molar-refractivity contribution in [2.45, 2.75) is 50.0 Å². The SMILES string of the molecule is C1=CCC(C2=CC(c3cccc(C4C=Cc5c(c6c(n5-c5ccccc5-c5cccc7c5oc5ccccc57)C=CCC6)C4)c3)CC(c3ccccc3)N2)C=C1. The number of furan rings is 1. The largest absolute Gasteiger partial charge is 0.455 e. The standard InChI is InChI=1S/C53H44N2O/c1-3-15-35(16-4-1)47-33-40(34-48(54-47)36-17-5-2-6-18-36)38-20-13-19-37(31-38)39-29-30-51-46(32-39)42-22-8-11-27-50(42)55(51)49-26-10-7-21-41(49)44-24-14-25-45-43-23-9-12-28-52(43)56-53(44)45/h1-7,9-17,19-21,23-31,34,36,39-40,47,54H,8,18,22,32-33H2. The Bertz CT molecular complexity index is 2790. The highest BCUT2D eigenvalue weighted by Crippen LogP contribution is 2.44. The van der Waals surface area contributed by atoms with Gasteiger partial charge in [0.1, 0.15) is 11.2 Å². The van der Waals surface area contributed by atoms with Gasteiger partial charge in [-0.1, -0.05) is 152 Å². The Morgan fingerprint density at radius 3 is 2.29 bits per heavy atom. The first-order valence-corrected chi connectivity index (χ1v) is 20.3. The van der Waals surface area contributed by atoms with Crippen molar-refractivity contribution in [1.29, 1.82) is 0 Å². The first-order chi connectivity index (χ1) is 27.8. The fourth-order valence-corrected chi connectivity index (χ4v) is 9.87. The van der Waals surface area contributed by atoms with Crippen LogP contribution >= 0.6 is 0 Å². The summed E-state index contributed by atoms with van der Waals surface area (Å²) in [5, 5.41) is 6.27. The molecule has 4 unspecified atom stereocenters. The monoisotopic (exact) mass is 724 g/mol. The molecule has 1 N–H and O–H groups in total. The van der Waals surface area contributed by atoms with Crippen molar-refractivity contribution in [2.75, 3.05) is 0 Å². The van der Waals surface area contributed by atoms with Gasteiger partial charge >= 0.3 is 0 Å². The zero-order valence-electron chi connectivity index (χ0n) is 31.4. The lowest BCUT2D eigenvalue weighted by atomic mass is 9.80. The second kappa shape index (κ2) is 13.8. The van der Waals surface area contributed by atoms with Crippen LogP contribution in [0.15, 0.2) is 174 Å². The molecule has 11 rings (SSSR count). The topological polar surface area (TPSA) is 30.1 Å². The summed E-state index contributed by atoms with van der Waals surface area (Å²) in [6, 6.07) is 44.6. The molecule has 2 aromatic heterocycles. The molecule has 4 atom stereocenters. The summed E-state index contributed by atoms with van der Waals surface area (Å²) in [5.41, 5.74) is 16.5. The summed E-state index contributed by atoms with van der Waals surface area (Å²) in [4.78, 5) is 0. The third kappa shape index (κ3) is 5.64. The number of nitrogens with one attached hydrogen (secondary N) is 1. The quantitative estimate of drug-likeness (QED) is 0.185. The molecule has 1 aliphatic heterocycles. The molecule has 0 bridgehead atoms. The average Bonchev–Trinajstić information content (AvgIpc) is 3.83. The number of nitrogens with zero attached hydrogens (tertiary/aromatic N) is 1. The van der Waals surface area contributed by atoms with Gasteiger partial charge in [0.15, 0.2) is 0 Å². The molecule has 56 heavy (non-hydrogen) atoms. The molecule has 0 spiro atoms. The molecule has 0 fully saturated rings. The molecule has 3 aliphatic carbocycles. The van der Waals surface area contributed by atoms with E-state index in [1.54, 1.807) is 0 Å². The van der Waals surface area contributed by atoms with Gasteiger partial charge in [-0.25, -0.2) is 0 Å². The summed E-state index contributed by atoms with van der Waals surface area (Å²) in [6.07, 6.45) is 26.3. The van der Waals surface area contributed by atoms with Gasteiger partial charge in [-0.05, 0) is 84.2 Å². The maximum Gasteiger partial charge on any atom is 0.143 e. The van der Waals surface area contributed by atoms with Crippen LogP contribution in [0, 0.1) is 5.92 Å². The highest BCUT2D eigenvalue weighted by atomic mass is 16.3.